The van der Waals surface area contributed by atoms with Crippen LogP contribution >= 0.6 is 0 Å². The van der Waals surface area contributed by atoms with Crippen molar-refractivity contribution in [2.75, 3.05) is 0 Å². The van der Waals surface area contributed by atoms with Crippen LogP contribution in [0.1, 0.15) is 11.0 Å². The normalized spacial score (nSPS) is 13.7. The van der Waals surface area contributed by atoms with Crippen molar-refractivity contribution in [3.05, 3.63) is 182 Å². The van der Waals surface area contributed by atoms with Gasteiger partial charge in [0.15, 0.2) is 17.5 Å². The molecule has 0 bridgehead atoms. The Kier molecular flexibility index (Phi) is 5.12. The average Bonchev–Trinajstić information content (AvgIpc) is 3.65. The van der Waals surface area contributed by atoms with Gasteiger partial charge in [-0.1, -0.05) is 152 Å². The average molecular weight is 659 g/mol. The summed E-state index contributed by atoms with van der Waals surface area (Å²) < 4.78 is 72.6. The van der Waals surface area contributed by atoms with Gasteiger partial charge in [-0.05, 0) is 63.0 Å². The van der Waals surface area contributed by atoms with Crippen LogP contribution in [0.15, 0.2) is 182 Å². The Balaban J connectivity index is 1.35. The second-order valence-corrected chi connectivity index (χ2v) is 12.3. The largest absolute Gasteiger partial charge is 0.309 e. The first-order chi connectivity index (χ1) is 28.6. The van der Waals surface area contributed by atoms with E-state index in [1.165, 1.54) is 4.57 Å². The maximum Gasteiger partial charge on any atom is 0.166 e. The summed E-state index contributed by atoms with van der Waals surface area (Å²) in [6, 6.07) is 39.7. The molecule has 0 amide bonds. The number of hydrogen-bond donors (Lipinski definition) is 0. The zero-order valence-corrected chi connectivity index (χ0v) is 27.0. The maximum absolute atomic E-state index is 9.22. The molecule has 0 spiro atoms. The molecular formula is C47H30N4. The third kappa shape index (κ3) is 4.96. The third-order valence-corrected chi connectivity index (χ3v) is 9.29. The van der Waals surface area contributed by atoms with Crippen LogP contribution in [0.25, 0.3) is 94.3 Å². The number of fused-ring (bicyclic) bond motifs is 6. The predicted molar refractivity (Wildman–Crippen MR) is 211 cm³/mol. The Morgan fingerprint density at radius 2 is 0.902 bits per heavy atom. The van der Waals surface area contributed by atoms with Gasteiger partial charge in [-0.15, -0.1) is 0 Å². The van der Waals surface area contributed by atoms with Gasteiger partial charge in [0, 0.05) is 27.5 Å². The van der Waals surface area contributed by atoms with Crippen LogP contribution in [0, 0.1) is 0 Å². The van der Waals surface area contributed by atoms with Crippen molar-refractivity contribution in [1.82, 2.24) is 19.5 Å². The molecule has 8 aromatic carbocycles. The fourth-order valence-corrected chi connectivity index (χ4v) is 6.86. The molecule has 0 saturated heterocycles. The van der Waals surface area contributed by atoms with Crippen molar-refractivity contribution < 1.29 is 11.0 Å². The molecule has 238 valence electrons. The highest BCUT2D eigenvalue weighted by Gasteiger charge is 2.20. The van der Waals surface area contributed by atoms with E-state index in [0.29, 0.717) is 22.9 Å². The van der Waals surface area contributed by atoms with Gasteiger partial charge in [-0.3, -0.25) is 0 Å². The van der Waals surface area contributed by atoms with Crippen LogP contribution in [0.3, 0.4) is 0 Å². The summed E-state index contributed by atoms with van der Waals surface area (Å²) >= 11 is 0. The first-order valence-corrected chi connectivity index (χ1v) is 16.5. The van der Waals surface area contributed by atoms with E-state index in [2.05, 4.69) is 36.4 Å². The minimum absolute atomic E-state index is 0.00444. The Bertz CT molecular complexity index is 3230. The monoisotopic (exact) mass is 658 g/mol. The fourth-order valence-electron chi connectivity index (χ4n) is 6.86. The number of para-hydroxylation sites is 2. The minimum atomic E-state index is -0.508. The Labute approximate surface area is 306 Å². The van der Waals surface area contributed by atoms with Gasteiger partial charge in [-0.2, -0.15) is 0 Å². The van der Waals surface area contributed by atoms with Crippen molar-refractivity contribution in [2.24, 2.45) is 0 Å². The summed E-state index contributed by atoms with van der Waals surface area (Å²) in [5.41, 5.74) is 3.98. The highest BCUT2D eigenvalue weighted by molar-refractivity contribution is 6.10. The van der Waals surface area contributed by atoms with Gasteiger partial charge >= 0.3 is 0 Å². The molecule has 2 aromatic heterocycles. The SMILES string of the molecule is [2H]c1c([2H])c([2H])c2c(c1[2H])c1c([2H])c([2H])c([2H])c([2H])c1n2-c1ccc(-c2ccc3ccc4ccccc4c3c2)cc1-c1nc(-c2ccccc2)nc(-c2ccccc2)n1. The fraction of sp³-hybridized carbons (Fsp3) is 0. The molecule has 0 N–H and O–H groups in total. The molecule has 0 radical (unpaired) electrons. The lowest BCUT2D eigenvalue weighted by atomic mass is 9.95. The van der Waals surface area contributed by atoms with Crippen LogP contribution in [0.2, 0.25) is 0 Å². The van der Waals surface area contributed by atoms with E-state index in [1.54, 1.807) is 6.07 Å². The Hall–Kier alpha value is -6.91. The molecule has 0 aliphatic rings. The quantitative estimate of drug-likeness (QED) is 0.173. The molecule has 0 aliphatic carbocycles. The summed E-state index contributed by atoms with van der Waals surface area (Å²) in [6.07, 6.45) is 0. The highest BCUT2D eigenvalue weighted by Crippen LogP contribution is 2.39. The second-order valence-electron chi connectivity index (χ2n) is 12.3. The van der Waals surface area contributed by atoms with E-state index >= 15 is 0 Å². The standard InChI is InChI=1S/C47H30N4/c1-3-14-33(15-4-1)45-48-46(34-16-5-2-6-17-34)50-47(49-45)41-30-36(35-26-25-32-24-23-31-13-7-8-18-37(31)40(32)29-35)27-28-44(41)51-42-21-11-9-19-38(42)39-20-10-12-22-43(39)51/h1-30H/i9D,10D,11D,12D,19D,20D,21D,22D. The third-order valence-electron chi connectivity index (χ3n) is 9.29. The Morgan fingerprint density at radius 1 is 0.392 bits per heavy atom. The maximum atomic E-state index is 9.22. The van der Waals surface area contributed by atoms with E-state index in [0.717, 1.165) is 43.8 Å². The summed E-state index contributed by atoms with van der Waals surface area (Å²) in [5.74, 6) is 1.04. The molecule has 10 rings (SSSR count). The molecule has 2 heterocycles. The van der Waals surface area contributed by atoms with Crippen LogP contribution in [-0.4, -0.2) is 19.5 Å². The Morgan fingerprint density at radius 3 is 1.57 bits per heavy atom. The lowest BCUT2D eigenvalue weighted by molar-refractivity contribution is 1.06. The number of benzene rings is 8. The lowest BCUT2D eigenvalue weighted by Gasteiger charge is -2.16. The van der Waals surface area contributed by atoms with Gasteiger partial charge in [0.2, 0.25) is 0 Å². The molecule has 4 nitrogen and oxygen atoms in total. The van der Waals surface area contributed by atoms with Gasteiger partial charge in [0.05, 0.1) is 27.7 Å². The molecule has 0 unspecified atom stereocenters. The van der Waals surface area contributed by atoms with E-state index < -0.39 is 48.3 Å². The van der Waals surface area contributed by atoms with Crippen LogP contribution < -0.4 is 0 Å². The van der Waals surface area contributed by atoms with Crippen molar-refractivity contribution in [2.45, 2.75) is 0 Å². The van der Waals surface area contributed by atoms with Gasteiger partial charge < -0.3 is 4.57 Å². The van der Waals surface area contributed by atoms with E-state index in [9.17, 15) is 2.74 Å². The van der Waals surface area contributed by atoms with Crippen LogP contribution in [0.4, 0.5) is 0 Å². The number of rotatable bonds is 5. The lowest BCUT2D eigenvalue weighted by Crippen LogP contribution is -2.04. The van der Waals surface area contributed by atoms with Crippen molar-refractivity contribution in [3.8, 4) is 51.0 Å². The topological polar surface area (TPSA) is 43.6 Å². The highest BCUT2D eigenvalue weighted by atomic mass is 15.1. The minimum Gasteiger partial charge on any atom is -0.309 e. The molecule has 4 heteroatoms. The number of nitrogens with zero attached hydrogens (tertiary/aromatic N) is 4. The predicted octanol–water partition coefficient (Wildman–Crippen LogP) is 11.9. The van der Waals surface area contributed by atoms with E-state index in [4.69, 9.17) is 23.2 Å². The molecule has 10 aromatic rings. The summed E-state index contributed by atoms with van der Waals surface area (Å²) in [4.78, 5) is 15.0. The van der Waals surface area contributed by atoms with Crippen molar-refractivity contribution in [3.63, 3.8) is 0 Å². The zero-order valence-electron chi connectivity index (χ0n) is 35.0. The van der Waals surface area contributed by atoms with Gasteiger partial charge in [0.25, 0.3) is 0 Å². The smallest absolute Gasteiger partial charge is 0.166 e. The van der Waals surface area contributed by atoms with Crippen molar-refractivity contribution in [1.29, 1.82) is 0 Å². The molecule has 0 aliphatic heterocycles. The first-order valence-electron chi connectivity index (χ1n) is 20.5. The number of hydrogen-bond acceptors (Lipinski definition) is 3. The molecule has 0 atom stereocenters. The van der Waals surface area contributed by atoms with E-state index in [-0.39, 0.29) is 27.6 Å². The van der Waals surface area contributed by atoms with Crippen LogP contribution in [-0.2, 0) is 0 Å². The summed E-state index contributed by atoms with van der Waals surface area (Å²) in [7, 11) is 0. The zero-order chi connectivity index (χ0) is 40.7. The van der Waals surface area contributed by atoms with Gasteiger partial charge in [0.1, 0.15) is 0 Å². The second kappa shape index (κ2) is 11.9. The van der Waals surface area contributed by atoms with Crippen LogP contribution in [0.5, 0.6) is 0 Å². The van der Waals surface area contributed by atoms with Crippen molar-refractivity contribution >= 4 is 43.4 Å². The summed E-state index contributed by atoms with van der Waals surface area (Å²) in [6.45, 7) is 0. The number of aromatic nitrogens is 4. The van der Waals surface area contributed by atoms with E-state index in [1.807, 2.05) is 91.0 Å². The molecule has 0 saturated carbocycles. The first kappa shape index (κ1) is 21.9. The summed E-state index contributed by atoms with van der Waals surface area (Å²) in [5, 5.41) is 4.34. The molecule has 0 fully saturated rings. The molecular weight excluding hydrogens is 621 g/mol. The van der Waals surface area contributed by atoms with Gasteiger partial charge in [-0.25, -0.2) is 15.0 Å². The molecule has 51 heavy (non-hydrogen) atoms.